The Morgan fingerprint density at radius 1 is 1.20 bits per heavy atom. The fraction of sp³-hybridized carbons (Fsp3) is 0.571. The van der Waals surface area contributed by atoms with Crippen LogP contribution in [-0.2, 0) is 10.0 Å². The summed E-state index contributed by atoms with van der Waals surface area (Å²) in [6.45, 7) is 1.28. The van der Waals surface area contributed by atoms with Crippen LogP contribution in [0, 0.1) is 0 Å². The largest absolute Gasteiger partial charge is 0.391 e. The van der Waals surface area contributed by atoms with E-state index in [0.29, 0.717) is 17.1 Å². The predicted octanol–water partition coefficient (Wildman–Crippen LogP) is 1.09. The number of anilines is 1. The third-order valence-corrected chi connectivity index (χ3v) is 5.36. The fourth-order valence-corrected chi connectivity index (χ4v) is 4.13. The van der Waals surface area contributed by atoms with E-state index in [0.717, 1.165) is 32.2 Å². The van der Waals surface area contributed by atoms with Gasteiger partial charge in [-0.05, 0) is 37.8 Å². The summed E-state index contributed by atoms with van der Waals surface area (Å²) in [7, 11) is -3.47. The first-order valence-electron chi connectivity index (χ1n) is 7.10. The van der Waals surface area contributed by atoms with Crippen molar-refractivity contribution >= 4 is 15.7 Å². The molecule has 0 aromatic heterocycles. The number of aliphatic hydroxyl groups is 1. The van der Waals surface area contributed by atoms with Gasteiger partial charge in [0.2, 0.25) is 10.0 Å². The summed E-state index contributed by atoms with van der Waals surface area (Å²) < 4.78 is 27.6. The first-order chi connectivity index (χ1) is 9.56. The van der Waals surface area contributed by atoms with E-state index in [4.69, 9.17) is 0 Å². The van der Waals surface area contributed by atoms with Crippen LogP contribution in [0.3, 0.4) is 0 Å². The molecule has 1 atom stereocenters. The minimum atomic E-state index is -3.47. The molecule has 1 aliphatic heterocycles. The van der Waals surface area contributed by atoms with Gasteiger partial charge in [0.15, 0.2) is 0 Å². The molecular weight excluding hydrogens is 276 g/mol. The highest BCUT2D eigenvalue weighted by molar-refractivity contribution is 7.89. The van der Waals surface area contributed by atoms with E-state index in [1.54, 1.807) is 12.1 Å². The number of hydrogen-bond acceptors (Lipinski definition) is 4. The lowest BCUT2D eigenvalue weighted by molar-refractivity contribution is 0.154. The highest BCUT2D eigenvalue weighted by Gasteiger charge is 2.30. The summed E-state index contributed by atoms with van der Waals surface area (Å²) in [5, 5.41) is 9.78. The Hall–Kier alpha value is -1.11. The Morgan fingerprint density at radius 2 is 1.95 bits per heavy atom. The Kier molecular flexibility index (Phi) is 3.70. The standard InChI is InChI=1S/C14H20N2O3S/c17-12-4-3-9-16(10-12)13-5-1-2-6-14(13)20(18,19)15-11-7-8-11/h1-2,5-6,11-12,15,17H,3-4,7-10H2. The summed E-state index contributed by atoms with van der Waals surface area (Å²) in [6.07, 6.45) is 3.13. The molecule has 110 valence electrons. The normalized spacial score (nSPS) is 23.9. The van der Waals surface area contributed by atoms with E-state index in [-0.39, 0.29) is 12.1 Å². The molecule has 2 fully saturated rings. The predicted molar refractivity (Wildman–Crippen MR) is 77.2 cm³/mol. The van der Waals surface area contributed by atoms with Crippen LogP contribution in [0.4, 0.5) is 5.69 Å². The third-order valence-electron chi connectivity index (χ3n) is 3.79. The van der Waals surface area contributed by atoms with Crippen LogP contribution in [0.1, 0.15) is 25.7 Å². The van der Waals surface area contributed by atoms with E-state index >= 15 is 0 Å². The van der Waals surface area contributed by atoms with E-state index < -0.39 is 10.0 Å². The summed E-state index contributed by atoms with van der Waals surface area (Å²) in [5.41, 5.74) is 0.694. The lowest BCUT2D eigenvalue weighted by Crippen LogP contribution is -2.39. The van der Waals surface area contributed by atoms with Gasteiger partial charge in [-0.2, -0.15) is 0 Å². The van der Waals surface area contributed by atoms with E-state index in [2.05, 4.69) is 4.72 Å². The van der Waals surface area contributed by atoms with E-state index in [1.165, 1.54) is 0 Å². The van der Waals surface area contributed by atoms with Crippen molar-refractivity contribution < 1.29 is 13.5 Å². The Balaban J connectivity index is 1.91. The van der Waals surface area contributed by atoms with Crippen molar-refractivity contribution in [2.24, 2.45) is 0 Å². The fourth-order valence-electron chi connectivity index (χ4n) is 2.60. The summed E-state index contributed by atoms with van der Waals surface area (Å²) in [4.78, 5) is 2.29. The van der Waals surface area contributed by atoms with Gasteiger partial charge in [0, 0.05) is 19.1 Å². The molecule has 0 spiro atoms. The van der Waals surface area contributed by atoms with Crippen LogP contribution >= 0.6 is 0 Å². The van der Waals surface area contributed by atoms with Crippen molar-refractivity contribution in [1.29, 1.82) is 0 Å². The maximum atomic E-state index is 12.4. The van der Waals surface area contributed by atoms with E-state index in [9.17, 15) is 13.5 Å². The van der Waals surface area contributed by atoms with Gasteiger partial charge in [-0.25, -0.2) is 13.1 Å². The molecule has 0 bridgehead atoms. The molecule has 0 radical (unpaired) electrons. The molecule has 2 aliphatic rings. The molecular formula is C14H20N2O3S. The van der Waals surface area contributed by atoms with Crippen LogP contribution in [0.5, 0.6) is 0 Å². The molecule has 1 saturated carbocycles. The number of para-hydroxylation sites is 1. The highest BCUT2D eigenvalue weighted by Crippen LogP contribution is 2.29. The number of sulfonamides is 1. The lowest BCUT2D eigenvalue weighted by atomic mass is 10.1. The minimum Gasteiger partial charge on any atom is -0.391 e. The van der Waals surface area contributed by atoms with Gasteiger partial charge in [0.05, 0.1) is 11.8 Å². The van der Waals surface area contributed by atoms with Crippen molar-refractivity contribution in [2.75, 3.05) is 18.0 Å². The van der Waals surface area contributed by atoms with Gasteiger partial charge >= 0.3 is 0 Å². The van der Waals surface area contributed by atoms with Crippen LogP contribution in [0.15, 0.2) is 29.2 Å². The molecule has 3 rings (SSSR count). The first-order valence-corrected chi connectivity index (χ1v) is 8.59. The van der Waals surface area contributed by atoms with Crippen LogP contribution in [0.2, 0.25) is 0 Å². The first kappa shape index (κ1) is 13.9. The number of rotatable bonds is 4. The van der Waals surface area contributed by atoms with Crippen molar-refractivity contribution in [3.63, 3.8) is 0 Å². The summed E-state index contributed by atoms with van der Waals surface area (Å²) in [5.74, 6) is 0. The van der Waals surface area contributed by atoms with E-state index in [1.807, 2.05) is 17.0 Å². The molecule has 0 amide bonds. The molecule has 1 unspecified atom stereocenters. The van der Waals surface area contributed by atoms with Crippen LogP contribution < -0.4 is 9.62 Å². The molecule has 1 aromatic carbocycles. The smallest absolute Gasteiger partial charge is 0.242 e. The Morgan fingerprint density at radius 3 is 2.65 bits per heavy atom. The Bertz CT molecular complexity index is 584. The monoisotopic (exact) mass is 296 g/mol. The number of aliphatic hydroxyl groups excluding tert-OH is 1. The third kappa shape index (κ3) is 2.97. The van der Waals surface area contributed by atoms with Gasteiger partial charge in [0.1, 0.15) is 4.90 Å². The number of nitrogens with zero attached hydrogens (tertiary/aromatic N) is 1. The number of hydrogen-bond donors (Lipinski definition) is 2. The summed E-state index contributed by atoms with van der Waals surface area (Å²) >= 11 is 0. The number of benzene rings is 1. The molecule has 1 aliphatic carbocycles. The highest BCUT2D eigenvalue weighted by atomic mass is 32.2. The lowest BCUT2D eigenvalue weighted by Gasteiger charge is -2.33. The second-order valence-corrected chi connectivity index (χ2v) is 7.29. The Labute approximate surface area is 119 Å². The zero-order valence-electron chi connectivity index (χ0n) is 11.3. The molecule has 2 N–H and O–H groups in total. The van der Waals surface area contributed by atoms with Crippen molar-refractivity contribution in [3.8, 4) is 0 Å². The van der Waals surface area contributed by atoms with Gasteiger partial charge in [0.25, 0.3) is 0 Å². The molecule has 1 saturated heterocycles. The quantitative estimate of drug-likeness (QED) is 0.872. The molecule has 1 aromatic rings. The molecule has 6 heteroatoms. The second-order valence-electron chi connectivity index (χ2n) is 5.61. The number of nitrogens with one attached hydrogen (secondary N) is 1. The number of piperidine rings is 1. The van der Waals surface area contributed by atoms with Crippen molar-refractivity contribution in [1.82, 2.24) is 4.72 Å². The maximum absolute atomic E-state index is 12.4. The van der Waals surface area contributed by atoms with Gasteiger partial charge in [-0.1, -0.05) is 12.1 Å². The van der Waals surface area contributed by atoms with Crippen LogP contribution in [-0.4, -0.2) is 38.8 Å². The molecule has 1 heterocycles. The zero-order chi connectivity index (χ0) is 14.2. The SMILES string of the molecule is O=S(=O)(NC1CC1)c1ccccc1N1CCCC(O)C1. The summed E-state index contributed by atoms with van der Waals surface area (Å²) in [6, 6.07) is 7.14. The van der Waals surface area contributed by atoms with Crippen LogP contribution in [0.25, 0.3) is 0 Å². The topological polar surface area (TPSA) is 69.6 Å². The van der Waals surface area contributed by atoms with Crippen molar-refractivity contribution in [2.45, 2.75) is 42.7 Å². The average molecular weight is 296 g/mol. The van der Waals surface area contributed by atoms with Gasteiger partial charge in [-0.3, -0.25) is 0 Å². The number of β-amino-alcohol motifs (C(OH)–C–C–N with tert-alkyl or cyclic N) is 1. The van der Waals surface area contributed by atoms with Gasteiger partial charge < -0.3 is 10.0 Å². The molecule has 5 nitrogen and oxygen atoms in total. The van der Waals surface area contributed by atoms with Gasteiger partial charge in [-0.15, -0.1) is 0 Å². The molecule has 20 heavy (non-hydrogen) atoms. The second kappa shape index (κ2) is 5.35. The maximum Gasteiger partial charge on any atom is 0.242 e. The van der Waals surface area contributed by atoms with Crippen molar-refractivity contribution in [3.05, 3.63) is 24.3 Å². The minimum absolute atomic E-state index is 0.0972. The zero-order valence-corrected chi connectivity index (χ0v) is 12.1. The average Bonchev–Trinajstić information content (AvgIpc) is 3.22.